The number of rotatable bonds is 6. The van der Waals surface area contributed by atoms with Gasteiger partial charge in [-0.1, -0.05) is 18.2 Å². The van der Waals surface area contributed by atoms with Crippen LogP contribution in [-0.4, -0.2) is 47.9 Å². The zero-order chi connectivity index (χ0) is 20.8. The molecule has 0 spiro atoms. The molecule has 0 bridgehead atoms. The van der Waals surface area contributed by atoms with Gasteiger partial charge in [0.25, 0.3) is 5.91 Å². The molecule has 29 heavy (non-hydrogen) atoms. The van der Waals surface area contributed by atoms with Gasteiger partial charge >= 0.3 is 0 Å². The van der Waals surface area contributed by atoms with Crippen molar-refractivity contribution < 1.29 is 14.0 Å². The van der Waals surface area contributed by atoms with Gasteiger partial charge in [0, 0.05) is 42.4 Å². The van der Waals surface area contributed by atoms with Gasteiger partial charge in [0.2, 0.25) is 5.91 Å². The molecule has 7 heteroatoms. The molecule has 154 valence electrons. The molecule has 0 aliphatic carbocycles. The van der Waals surface area contributed by atoms with Gasteiger partial charge in [0.05, 0.1) is 6.54 Å². The summed E-state index contributed by atoms with van der Waals surface area (Å²) in [5.74, 6) is 1.49. The standard InChI is InChI=1S/C22H26FN3O2S/c1-15-6-7-17(12-19(15)23)13-25-21(27)14-24-20-5-3-4-18(16(20)2)22(28)26-8-10-29-11-9-26/h3-7,12,24H,8-11,13-14H2,1-2H3,(H,25,27). The molecule has 1 aliphatic heterocycles. The van der Waals surface area contributed by atoms with Crippen LogP contribution in [0.15, 0.2) is 36.4 Å². The van der Waals surface area contributed by atoms with E-state index in [0.29, 0.717) is 16.7 Å². The number of carbonyl (C=O) groups excluding carboxylic acids is 2. The molecule has 2 aromatic carbocycles. The van der Waals surface area contributed by atoms with Crippen molar-refractivity contribution in [1.29, 1.82) is 0 Å². The molecule has 2 N–H and O–H groups in total. The van der Waals surface area contributed by atoms with E-state index < -0.39 is 0 Å². The Morgan fingerprint density at radius 3 is 2.62 bits per heavy atom. The average Bonchev–Trinajstić information content (AvgIpc) is 2.74. The number of benzene rings is 2. The lowest BCUT2D eigenvalue weighted by Crippen LogP contribution is -2.38. The van der Waals surface area contributed by atoms with Crippen molar-refractivity contribution in [1.82, 2.24) is 10.2 Å². The maximum absolute atomic E-state index is 13.6. The Labute approximate surface area is 175 Å². The van der Waals surface area contributed by atoms with E-state index in [1.807, 2.05) is 41.8 Å². The molecular weight excluding hydrogens is 389 g/mol. The molecule has 5 nitrogen and oxygen atoms in total. The Morgan fingerprint density at radius 2 is 1.90 bits per heavy atom. The fourth-order valence-corrected chi connectivity index (χ4v) is 4.08. The van der Waals surface area contributed by atoms with Gasteiger partial charge in [-0.05, 0) is 48.7 Å². The number of thioether (sulfide) groups is 1. The minimum atomic E-state index is -0.278. The van der Waals surface area contributed by atoms with Gasteiger partial charge in [-0.3, -0.25) is 9.59 Å². The topological polar surface area (TPSA) is 61.4 Å². The highest BCUT2D eigenvalue weighted by atomic mass is 32.2. The van der Waals surface area contributed by atoms with Gasteiger partial charge in [0.1, 0.15) is 5.82 Å². The summed E-state index contributed by atoms with van der Waals surface area (Å²) in [5, 5.41) is 5.89. The smallest absolute Gasteiger partial charge is 0.254 e. The highest BCUT2D eigenvalue weighted by Gasteiger charge is 2.20. The van der Waals surface area contributed by atoms with Crippen molar-refractivity contribution in [3.05, 3.63) is 64.5 Å². The summed E-state index contributed by atoms with van der Waals surface area (Å²) >= 11 is 1.86. The average molecular weight is 416 g/mol. The fraction of sp³-hybridized carbons (Fsp3) is 0.364. The lowest BCUT2D eigenvalue weighted by atomic mass is 10.1. The number of aryl methyl sites for hydroxylation is 1. The van der Waals surface area contributed by atoms with Gasteiger partial charge in [0.15, 0.2) is 0 Å². The Balaban J connectivity index is 1.56. The van der Waals surface area contributed by atoms with Crippen molar-refractivity contribution >= 4 is 29.3 Å². The Kier molecular flexibility index (Phi) is 7.14. The van der Waals surface area contributed by atoms with Crippen molar-refractivity contribution in [3.8, 4) is 0 Å². The molecule has 0 unspecified atom stereocenters. The first-order valence-electron chi connectivity index (χ1n) is 9.68. The van der Waals surface area contributed by atoms with Crippen molar-refractivity contribution in [2.24, 2.45) is 0 Å². The van der Waals surface area contributed by atoms with E-state index in [9.17, 15) is 14.0 Å². The van der Waals surface area contributed by atoms with Crippen LogP contribution in [-0.2, 0) is 11.3 Å². The van der Waals surface area contributed by atoms with Crippen LogP contribution in [0.4, 0.5) is 10.1 Å². The molecule has 1 fully saturated rings. The summed E-state index contributed by atoms with van der Waals surface area (Å²) < 4.78 is 13.6. The summed E-state index contributed by atoms with van der Waals surface area (Å²) in [6.45, 7) is 5.47. The summed E-state index contributed by atoms with van der Waals surface area (Å²) in [5.41, 5.74) is 3.56. The predicted octanol–water partition coefficient (Wildman–Crippen LogP) is 3.36. The third kappa shape index (κ3) is 5.50. The number of nitrogens with zero attached hydrogens (tertiary/aromatic N) is 1. The number of hydrogen-bond donors (Lipinski definition) is 2. The van der Waals surface area contributed by atoms with Gasteiger partial charge < -0.3 is 15.5 Å². The van der Waals surface area contributed by atoms with Crippen molar-refractivity contribution in [3.63, 3.8) is 0 Å². The number of nitrogens with one attached hydrogen (secondary N) is 2. The minimum Gasteiger partial charge on any atom is -0.376 e. The predicted molar refractivity (Wildman–Crippen MR) is 116 cm³/mol. The number of anilines is 1. The summed E-state index contributed by atoms with van der Waals surface area (Å²) in [6.07, 6.45) is 0. The second-order valence-electron chi connectivity index (χ2n) is 7.10. The summed E-state index contributed by atoms with van der Waals surface area (Å²) in [7, 11) is 0. The molecule has 1 heterocycles. The van der Waals surface area contributed by atoms with Crippen LogP contribution in [0.3, 0.4) is 0 Å². The Morgan fingerprint density at radius 1 is 1.14 bits per heavy atom. The normalized spacial score (nSPS) is 13.8. The Bertz CT molecular complexity index is 898. The van der Waals surface area contributed by atoms with E-state index >= 15 is 0 Å². The largest absolute Gasteiger partial charge is 0.376 e. The molecule has 3 rings (SSSR count). The monoisotopic (exact) mass is 415 g/mol. The highest BCUT2D eigenvalue weighted by molar-refractivity contribution is 7.99. The molecule has 2 aromatic rings. The van der Waals surface area contributed by atoms with Crippen LogP contribution < -0.4 is 10.6 Å². The van der Waals surface area contributed by atoms with Crippen LogP contribution in [0.5, 0.6) is 0 Å². The van der Waals surface area contributed by atoms with Gasteiger partial charge in [-0.15, -0.1) is 0 Å². The first-order chi connectivity index (χ1) is 14.0. The van der Waals surface area contributed by atoms with E-state index in [0.717, 1.165) is 35.8 Å². The van der Waals surface area contributed by atoms with Gasteiger partial charge in [-0.25, -0.2) is 4.39 Å². The number of amides is 2. The number of halogens is 1. The quantitative estimate of drug-likeness (QED) is 0.760. The third-order valence-electron chi connectivity index (χ3n) is 5.03. The summed E-state index contributed by atoms with van der Waals surface area (Å²) in [6, 6.07) is 10.4. The van der Waals surface area contributed by atoms with Gasteiger partial charge in [-0.2, -0.15) is 11.8 Å². The molecule has 0 saturated carbocycles. The SMILES string of the molecule is Cc1ccc(CNC(=O)CNc2cccc(C(=O)N3CCSCC3)c2C)cc1F. The molecule has 1 saturated heterocycles. The van der Waals surface area contributed by atoms with Crippen molar-refractivity contribution in [2.45, 2.75) is 20.4 Å². The van der Waals surface area contributed by atoms with E-state index in [1.165, 1.54) is 6.07 Å². The number of carbonyl (C=O) groups is 2. The van der Waals surface area contributed by atoms with E-state index in [4.69, 9.17) is 0 Å². The maximum atomic E-state index is 13.6. The zero-order valence-corrected chi connectivity index (χ0v) is 17.6. The van der Waals surface area contributed by atoms with Crippen LogP contribution in [0, 0.1) is 19.7 Å². The van der Waals surface area contributed by atoms with Crippen molar-refractivity contribution in [2.75, 3.05) is 36.5 Å². The third-order valence-corrected chi connectivity index (χ3v) is 5.97. The number of hydrogen-bond acceptors (Lipinski definition) is 4. The summed E-state index contributed by atoms with van der Waals surface area (Å²) in [4.78, 5) is 26.9. The second-order valence-corrected chi connectivity index (χ2v) is 8.32. The van der Waals surface area contributed by atoms with E-state index in [2.05, 4.69) is 10.6 Å². The maximum Gasteiger partial charge on any atom is 0.254 e. The Hall–Kier alpha value is -2.54. The molecule has 2 amide bonds. The first-order valence-corrected chi connectivity index (χ1v) is 10.8. The molecular formula is C22H26FN3O2S. The molecule has 0 atom stereocenters. The molecule has 0 radical (unpaired) electrons. The lowest BCUT2D eigenvalue weighted by molar-refractivity contribution is -0.119. The first kappa shape index (κ1) is 21.2. The van der Waals surface area contributed by atoms with Crippen LogP contribution >= 0.6 is 11.8 Å². The minimum absolute atomic E-state index is 0.0392. The van der Waals surface area contributed by atoms with Crippen LogP contribution in [0.25, 0.3) is 0 Å². The van der Waals surface area contributed by atoms with Crippen LogP contribution in [0.1, 0.15) is 27.0 Å². The highest BCUT2D eigenvalue weighted by Crippen LogP contribution is 2.22. The zero-order valence-electron chi connectivity index (χ0n) is 16.8. The van der Waals surface area contributed by atoms with Crippen LogP contribution in [0.2, 0.25) is 0 Å². The molecule has 1 aliphatic rings. The second kappa shape index (κ2) is 9.78. The lowest BCUT2D eigenvalue weighted by Gasteiger charge is -2.27. The van der Waals surface area contributed by atoms with E-state index in [1.54, 1.807) is 19.1 Å². The van der Waals surface area contributed by atoms with E-state index in [-0.39, 0.29) is 30.7 Å². The molecule has 0 aromatic heterocycles. The fourth-order valence-electron chi connectivity index (χ4n) is 3.18.